The molecule has 0 aromatic heterocycles. The Morgan fingerprint density at radius 2 is 1.77 bits per heavy atom. The van der Waals surface area contributed by atoms with Crippen LogP contribution in [0.1, 0.15) is 32.1 Å². The van der Waals surface area contributed by atoms with Crippen molar-refractivity contribution in [1.82, 2.24) is 9.96 Å². The number of halogens is 1. The Morgan fingerprint density at radius 1 is 1.14 bits per heavy atom. The number of rotatable bonds is 6. The van der Waals surface area contributed by atoms with Gasteiger partial charge in [0.25, 0.3) is 23.6 Å². The lowest BCUT2D eigenvalue weighted by molar-refractivity contribution is -0.197. The molecular formula is C13H13BrN2O6. The van der Waals surface area contributed by atoms with Gasteiger partial charge in [-0.15, -0.1) is 5.06 Å². The van der Waals surface area contributed by atoms with Crippen molar-refractivity contribution in [2.45, 2.75) is 32.1 Å². The number of imide groups is 2. The minimum atomic E-state index is -0.693. The van der Waals surface area contributed by atoms with E-state index in [2.05, 4.69) is 15.9 Å². The van der Waals surface area contributed by atoms with Gasteiger partial charge in [-0.05, 0) is 28.8 Å². The van der Waals surface area contributed by atoms with Gasteiger partial charge >= 0.3 is 5.97 Å². The van der Waals surface area contributed by atoms with Gasteiger partial charge in [0.1, 0.15) is 0 Å². The van der Waals surface area contributed by atoms with Crippen molar-refractivity contribution in [2.24, 2.45) is 0 Å². The largest absolute Gasteiger partial charge is 0.333 e. The number of unbranched alkanes of at least 4 members (excludes halogenated alkanes) is 1. The highest BCUT2D eigenvalue weighted by molar-refractivity contribution is 9.12. The molecule has 0 unspecified atom stereocenters. The lowest BCUT2D eigenvalue weighted by atomic mass is 10.2. The summed E-state index contributed by atoms with van der Waals surface area (Å²) in [5.74, 6) is -2.54. The highest BCUT2D eigenvalue weighted by atomic mass is 79.9. The van der Waals surface area contributed by atoms with Gasteiger partial charge in [0.15, 0.2) is 0 Å². The average molecular weight is 373 g/mol. The first-order valence-electron chi connectivity index (χ1n) is 6.69. The summed E-state index contributed by atoms with van der Waals surface area (Å²) >= 11 is 2.98. The smallest absolute Gasteiger partial charge is 0.330 e. The van der Waals surface area contributed by atoms with E-state index in [1.807, 2.05) is 0 Å². The van der Waals surface area contributed by atoms with E-state index in [0.717, 1.165) is 4.90 Å². The van der Waals surface area contributed by atoms with Crippen molar-refractivity contribution >= 4 is 45.5 Å². The number of nitrogens with zero attached hydrogens (tertiary/aromatic N) is 2. The van der Waals surface area contributed by atoms with Crippen LogP contribution in [-0.2, 0) is 28.8 Å². The first-order valence-corrected chi connectivity index (χ1v) is 7.49. The third-order valence-corrected chi connectivity index (χ3v) is 3.75. The van der Waals surface area contributed by atoms with Crippen molar-refractivity contribution in [1.29, 1.82) is 0 Å². The quantitative estimate of drug-likeness (QED) is 0.494. The van der Waals surface area contributed by atoms with Crippen LogP contribution in [0, 0.1) is 0 Å². The molecule has 0 radical (unpaired) electrons. The third kappa shape index (κ3) is 3.59. The van der Waals surface area contributed by atoms with E-state index >= 15 is 0 Å². The van der Waals surface area contributed by atoms with Gasteiger partial charge in [0.2, 0.25) is 0 Å². The predicted octanol–water partition coefficient (Wildman–Crippen LogP) is 0.411. The fourth-order valence-corrected chi connectivity index (χ4v) is 2.44. The number of hydrogen-bond acceptors (Lipinski definition) is 6. The Hall–Kier alpha value is -2.03. The topological polar surface area (TPSA) is 101 Å². The van der Waals surface area contributed by atoms with E-state index < -0.39 is 29.6 Å². The van der Waals surface area contributed by atoms with E-state index in [0.29, 0.717) is 17.9 Å². The average Bonchev–Trinajstić information content (AvgIpc) is 2.90. The molecule has 0 saturated carbocycles. The SMILES string of the molecule is O=C(CCCCN1C(=O)C=C(Br)C1=O)ON1C(=O)CCC1=O. The van der Waals surface area contributed by atoms with Crippen molar-refractivity contribution in [3.63, 3.8) is 0 Å². The highest BCUT2D eigenvalue weighted by Gasteiger charge is 2.33. The van der Waals surface area contributed by atoms with Crippen LogP contribution in [0.4, 0.5) is 0 Å². The zero-order valence-corrected chi connectivity index (χ0v) is 13.1. The highest BCUT2D eigenvalue weighted by Crippen LogP contribution is 2.19. The van der Waals surface area contributed by atoms with Gasteiger partial charge in [-0.25, -0.2) is 4.79 Å². The molecule has 1 saturated heterocycles. The second-order valence-electron chi connectivity index (χ2n) is 4.79. The fraction of sp³-hybridized carbons (Fsp3) is 0.462. The van der Waals surface area contributed by atoms with Gasteiger partial charge in [-0.1, -0.05) is 0 Å². The molecule has 0 spiro atoms. The minimum absolute atomic E-state index is 0.0120. The van der Waals surface area contributed by atoms with E-state index in [-0.39, 0.29) is 30.3 Å². The molecule has 9 heteroatoms. The minimum Gasteiger partial charge on any atom is -0.330 e. The summed E-state index contributed by atoms with van der Waals surface area (Å²) in [6.45, 7) is 0.193. The molecule has 22 heavy (non-hydrogen) atoms. The van der Waals surface area contributed by atoms with Crippen LogP contribution in [0.2, 0.25) is 0 Å². The Bertz CT molecular complexity index is 569. The van der Waals surface area contributed by atoms with Crippen LogP contribution in [0.5, 0.6) is 0 Å². The molecule has 2 aliphatic heterocycles. The Kier molecular flexibility index (Phi) is 5.07. The molecule has 8 nitrogen and oxygen atoms in total. The van der Waals surface area contributed by atoms with Gasteiger partial charge < -0.3 is 4.84 Å². The number of hydrogen-bond donors (Lipinski definition) is 0. The summed E-state index contributed by atoms with van der Waals surface area (Å²) in [6.07, 6.45) is 2.07. The molecule has 118 valence electrons. The first-order chi connectivity index (χ1) is 10.4. The zero-order chi connectivity index (χ0) is 16.3. The van der Waals surface area contributed by atoms with Gasteiger partial charge in [0.05, 0.1) is 4.48 Å². The van der Waals surface area contributed by atoms with Crippen molar-refractivity contribution < 1.29 is 28.8 Å². The molecule has 2 rings (SSSR count). The standard InChI is InChI=1S/C13H13BrN2O6/c14-8-7-11(19)15(13(8)21)6-2-1-3-12(20)22-16-9(17)4-5-10(16)18/h7H,1-6H2. The summed E-state index contributed by atoms with van der Waals surface area (Å²) < 4.78 is 0.211. The molecule has 0 atom stereocenters. The third-order valence-electron chi connectivity index (χ3n) is 3.18. The molecule has 4 amide bonds. The lowest BCUT2D eigenvalue weighted by Crippen LogP contribution is -2.32. The van der Waals surface area contributed by atoms with Crippen LogP contribution < -0.4 is 0 Å². The molecule has 2 aliphatic rings. The summed E-state index contributed by atoms with van der Waals surface area (Å²) in [5.41, 5.74) is 0. The molecular weight excluding hydrogens is 360 g/mol. The fourth-order valence-electron chi connectivity index (χ4n) is 2.03. The van der Waals surface area contributed by atoms with Gasteiger partial charge in [-0.3, -0.25) is 24.1 Å². The van der Waals surface area contributed by atoms with Crippen molar-refractivity contribution in [3.05, 3.63) is 10.6 Å². The molecule has 0 aromatic rings. The predicted molar refractivity (Wildman–Crippen MR) is 74.8 cm³/mol. The van der Waals surface area contributed by atoms with Gasteiger partial charge in [-0.2, -0.15) is 0 Å². The summed E-state index contributed by atoms with van der Waals surface area (Å²) in [4.78, 5) is 62.8. The Balaban J connectivity index is 1.68. The number of hydroxylamine groups is 2. The summed E-state index contributed by atoms with van der Waals surface area (Å²) in [6, 6.07) is 0. The van der Waals surface area contributed by atoms with Crippen molar-refractivity contribution in [2.75, 3.05) is 6.54 Å². The molecule has 0 N–H and O–H groups in total. The second kappa shape index (κ2) is 6.82. The normalized spacial score (nSPS) is 18.3. The Labute approximate surface area is 134 Å². The monoisotopic (exact) mass is 372 g/mol. The van der Waals surface area contributed by atoms with Crippen LogP contribution in [0.3, 0.4) is 0 Å². The second-order valence-corrected chi connectivity index (χ2v) is 5.64. The molecule has 2 heterocycles. The molecule has 1 fully saturated rings. The maximum atomic E-state index is 11.6. The van der Waals surface area contributed by atoms with E-state index in [1.165, 1.54) is 6.08 Å². The molecule has 0 aliphatic carbocycles. The Morgan fingerprint density at radius 3 is 2.32 bits per heavy atom. The number of carbonyl (C=O) groups is 5. The summed E-state index contributed by atoms with van der Waals surface area (Å²) in [7, 11) is 0. The van der Waals surface area contributed by atoms with Crippen LogP contribution >= 0.6 is 15.9 Å². The van der Waals surface area contributed by atoms with E-state index in [4.69, 9.17) is 4.84 Å². The zero-order valence-electron chi connectivity index (χ0n) is 11.5. The van der Waals surface area contributed by atoms with Crippen LogP contribution in [0.15, 0.2) is 10.6 Å². The molecule has 0 bridgehead atoms. The lowest BCUT2D eigenvalue weighted by Gasteiger charge is -2.14. The van der Waals surface area contributed by atoms with Crippen LogP contribution in [-0.4, -0.2) is 46.1 Å². The first kappa shape index (κ1) is 16.3. The number of carbonyl (C=O) groups excluding carboxylic acids is 5. The van der Waals surface area contributed by atoms with Crippen LogP contribution in [0.25, 0.3) is 0 Å². The molecule has 0 aromatic carbocycles. The van der Waals surface area contributed by atoms with Crippen molar-refractivity contribution in [3.8, 4) is 0 Å². The number of amides is 4. The maximum absolute atomic E-state index is 11.6. The van der Waals surface area contributed by atoms with Gasteiger partial charge in [0, 0.05) is 31.9 Å². The maximum Gasteiger partial charge on any atom is 0.333 e. The van der Waals surface area contributed by atoms with E-state index in [9.17, 15) is 24.0 Å². The van der Waals surface area contributed by atoms with E-state index in [1.54, 1.807) is 0 Å². The summed E-state index contributed by atoms with van der Waals surface area (Å²) in [5, 5.41) is 0.497.